The molecule has 1 aromatic rings. The maximum Gasteiger partial charge on any atom is 0.246 e. The van der Waals surface area contributed by atoms with Gasteiger partial charge in [-0.15, -0.1) is 0 Å². The number of hydrogen-bond donors (Lipinski definition) is 2. The number of primary amides is 1. The Labute approximate surface area is 123 Å². The number of nitrogens with zero attached hydrogens (tertiary/aromatic N) is 1. The summed E-state index contributed by atoms with van der Waals surface area (Å²) < 4.78 is 5.25. The Balaban J connectivity index is 1.92. The van der Waals surface area contributed by atoms with Crippen LogP contribution in [0, 0.1) is 0 Å². The Morgan fingerprint density at radius 2 is 2.00 bits per heavy atom. The van der Waals surface area contributed by atoms with Gasteiger partial charge in [-0.1, -0.05) is 24.3 Å². The highest BCUT2D eigenvalue weighted by atomic mass is 16.5. The molecule has 1 aromatic carbocycles. The van der Waals surface area contributed by atoms with E-state index in [0.29, 0.717) is 26.0 Å². The van der Waals surface area contributed by atoms with E-state index >= 15 is 0 Å². The Morgan fingerprint density at radius 3 is 2.62 bits per heavy atom. The van der Waals surface area contributed by atoms with Crippen molar-refractivity contribution in [3.05, 3.63) is 35.4 Å². The van der Waals surface area contributed by atoms with Crippen molar-refractivity contribution in [3.8, 4) is 0 Å². The van der Waals surface area contributed by atoms with Gasteiger partial charge in [-0.25, -0.2) is 0 Å². The third-order valence-corrected chi connectivity index (χ3v) is 4.32. The molecule has 4 N–H and O–H groups in total. The molecule has 6 nitrogen and oxygen atoms in total. The van der Waals surface area contributed by atoms with Crippen molar-refractivity contribution in [1.29, 1.82) is 0 Å². The fourth-order valence-corrected chi connectivity index (χ4v) is 3.03. The highest BCUT2D eigenvalue weighted by Crippen LogP contribution is 2.27. The molecule has 0 bridgehead atoms. The Kier molecular flexibility index (Phi) is 3.43. The third-order valence-electron chi connectivity index (χ3n) is 4.32. The minimum Gasteiger partial charge on any atom is -0.379 e. The molecule has 1 saturated heterocycles. The number of hydrogen-bond acceptors (Lipinski definition) is 4. The fourth-order valence-electron chi connectivity index (χ4n) is 3.03. The van der Waals surface area contributed by atoms with Gasteiger partial charge in [0, 0.05) is 19.6 Å². The lowest BCUT2D eigenvalue weighted by Gasteiger charge is -2.38. The van der Waals surface area contributed by atoms with Crippen LogP contribution in [-0.2, 0) is 27.3 Å². The standard InChI is InChI=1S/C15H19N3O3/c16-13(19)12-7-10-3-1-2-4-11(10)8-18(12)14(20)15(17)5-6-21-9-15/h1-4,12H,5-9,17H2,(H2,16,19)/t12-,15?/m0/s1. The van der Waals surface area contributed by atoms with Gasteiger partial charge in [-0.2, -0.15) is 0 Å². The second-order valence-corrected chi connectivity index (χ2v) is 5.78. The van der Waals surface area contributed by atoms with Crippen molar-refractivity contribution in [1.82, 2.24) is 4.90 Å². The Bertz CT molecular complexity index is 581. The van der Waals surface area contributed by atoms with Gasteiger partial charge in [0.2, 0.25) is 11.8 Å². The molecule has 3 rings (SSSR count). The largest absolute Gasteiger partial charge is 0.379 e. The first-order valence-corrected chi connectivity index (χ1v) is 7.05. The first kappa shape index (κ1) is 14.0. The molecule has 2 atom stereocenters. The van der Waals surface area contributed by atoms with Gasteiger partial charge >= 0.3 is 0 Å². The zero-order chi connectivity index (χ0) is 15.0. The normalized spacial score (nSPS) is 28.2. The minimum absolute atomic E-state index is 0.190. The number of amides is 2. The number of carbonyl (C=O) groups is 2. The highest BCUT2D eigenvalue weighted by molar-refractivity contribution is 5.92. The predicted molar refractivity (Wildman–Crippen MR) is 76.0 cm³/mol. The van der Waals surface area contributed by atoms with Gasteiger partial charge in [0.15, 0.2) is 0 Å². The molecule has 6 heteroatoms. The van der Waals surface area contributed by atoms with E-state index in [-0.39, 0.29) is 12.5 Å². The molecule has 21 heavy (non-hydrogen) atoms. The van der Waals surface area contributed by atoms with Crippen LogP contribution >= 0.6 is 0 Å². The SMILES string of the molecule is NC(=O)[C@@H]1Cc2ccccc2CN1C(=O)C1(N)CCOC1. The van der Waals surface area contributed by atoms with Crippen molar-refractivity contribution in [3.63, 3.8) is 0 Å². The molecule has 0 spiro atoms. The molecule has 2 heterocycles. The summed E-state index contributed by atoms with van der Waals surface area (Å²) >= 11 is 0. The number of carbonyl (C=O) groups excluding carboxylic acids is 2. The zero-order valence-electron chi connectivity index (χ0n) is 11.7. The lowest BCUT2D eigenvalue weighted by molar-refractivity contribution is -0.145. The molecule has 2 aliphatic heterocycles. The summed E-state index contributed by atoms with van der Waals surface area (Å²) in [7, 11) is 0. The summed E-state index contributed by atoms with van der Waals surface area (Å²) in [5.41, 5.74) is 12.7. The first-order chi connectivity index (χ1) is 10.0. The van der Waals surface area contributed by atoms with E-state index in [1.807, 2.05) is 24.3 Å². The van der Waals surface area contributed by atoms with Crippen molar-refractivity contribution < 1.29 is 14.3 Å². The molecule has 1 fully saturated rings. The number of ether oxygens (including phenoxy) is 1. The van der Waals surface area contributed by atoms with Gasteiger partial charge in [-0.05, 0) is 17.5 Å². The molecule has 0 aliphatic carbocycles. The third kappa shape index (κ3) is 2.41. The smallest absolute Gasteiger partial charge is 0.246 e. The number of rotatable bonds is 2. The monoisotopic (exact) mass is 289 g/mol. The molecule has 0 radical (unpaired) electrons. The van der Waals surface area contributed by atoms with Crippen LogP contribution in [0.5, 0.6) is 0 Å². The molecule has 0 aromatic heterocycles. The van der Waals surface area contributed by atoms with E-state index < -0.39 is 17.5 Å². The second kappa shape index (κ2) is 5.13. The van der Waals surface area contributed by atoms with Crippen LogP contribution in [0.4, 0.5) is 0 Å². The van der Waals surface area contributed by atoms with E-state index in [1.165, 1.54) is 4.90 Å². The summed E-state index contributed by atoms with van der Waals surface area (Å²) in [6.07, 6.45) is 0.906. The van der Waals surface area contributed by atoms with Crippen LogP contribution in [0.25, 0.3) is 0 Å². The molecule has 112 valence electrons. The zero-order valence-corrected chi connectivity index (χ0v) is 11.7. The average molecular weight is 289 g/mol. The molecular weight excluding hydrogens is 270 g/mol. The Morgan fingerprint density at radius 1 is 1.29 bits per heavy atom. The minimum atomic E-state index is -1.04. The molecule has 1 unspecified atom stereocenters. The van der Waals surface area contributed by atoms with Gasteiger partial charge < -0.3 is 21.1 Å². The van der Waals surface area contributed by atoms with Crippen molar-refractivity contribution in [2.75, 3.05) is 13.2 Å². The van der Waals surface area contributed by atoms with Gasteiger partial charge in [-0.3, -0.25) is 9.59 Å². The van der Waals surface area contributed by atoms with Crippen LogP contribution in [0.1, 0.15) is 17.5 Å². The Hall–Kier alpha value is -1.92. The van der Waals surface area contributed by atoms with E-state index in [9.17, 15) is 9.59 Å². The summed E-state index contributed by atoms with van der Waals surface area (Å²) in [5.74, 6) is -0.751. The van der Waals surface area contributed by atoms with E-state index in [4.69, 9.17) is 16.2 Å². The quantitative estimate of drug-likeness (QED) is 0.770. The van der Waals surface area contributed by atoms with Crippen molar-refractivity contribution >= 4 is 11.8 Å². The lowest BCUT2D eigenvalue weighted by Crippen LogP contribution is -2.61. The fraction of sp³-hybridized carbons (Fsp3) is 0.467. The predicted octanol–water partition coefficient (Wildman–Crippen LogP) is -0.457. The van der Waals surface area contributed by atoms with Gasteiger partial charge in [0.25, 0.3) is 0 Å². The highest BCUT2D eigenvalue weighted by Gasteiger charge is 2.45. The van der Waals surface area contributed by atoms with Crippen LogP contribution in [0.2, 0.25) is 0 Å². The van der Waals surface area contributed by atoms with E-state index in [1.54, 1.807) is 0 Å². The first-order valence-electron chi connectivity index (χ1n) is 7.05. The van der Waals surface area contributed by atoms with Gasteiger partial charge in [0.05, 0.1) is 6.61 Å². The van der Waals surface area contributed by atoms with Crippen LogP contribution in [-0.4, -0.2) is 41.5 Å². The van der Waals surface area contributed by atoms with E-state index in [0.717, 1.165) is 11.1 Å². The summed E-state index contributed by atoms with van der Waals surface area (Å²) in [6, 6.07) is 7.12. The van der Waals surface area contributed by atoms with E-state index in [2.05, 4.69) is 0 Å². The second-order valence-electron chi connectivity index (χ2n) is 5.78. The maximum atomic E-state index is 12.8. The van der Waals surface area contributed by atoms with Crippen LogP contribution in [0.15, 0.2) is 24.3 Å². The van der Waals surface area contributed by atoms with Crippen LogP contribution in [0.3, 0.4) is 0 Å². The molecule has 0 saturated carbocycles. The average Bonchev–Trinajstić information content (AvgIpc) is 2.93. The number of benzene rings is 1. The summed E-state index contributed by atoms with van der Waals surface area (Å²) in [5, 5.41) is 0. The molecule has 2 aliphatic rings. The molecule has 2 amide bonds. The lowest BCUT2D eigenvalue weighted by atomic mass is 9.90. The van der Waals surface area contributed by atoms with Crippen molar-refractivity contribution in [2.45, 2.75) is 31.0 Å². The van der Waals surface area contributed by atoms with Gasteiger partial charge in [0.1, 0.15) is 11.6 Å². The van der Waals surface area contributed by atoms with Crippen molar-refractivity contribution in [2.24, 2.45) is 11.5 Å². The number of fused-ring (bicyclic) bond motifs is 1. The topological polar surface area (TPSA) is 98.7 Å². The summed E-state index contributed by atoms with van der Waals surface area (Å²) in [6.45, 7) is 1.02. The van der Waals surface area contributed by atoms with Crippen LogP contribution < -0.4 is 11.5 Å². The molecular formula is C15H19N3O3. The maximum absolute atomic E-state index is 12.8. The summed E-state index contributed by atoms with van der Waals surface area (Å²) in [4.78, 5) is 26.0. The number of nitrogens with two attached hydrogens (primary N) is 2.